The van der Waals surface area contributed by atoms with Gasteiger partial charge in [0.25, 0.3) is 5.56 Å². The third-order valence-electron chi connectivity index (χ3n) is 6.31. The molecule has 7 nitrogen and oxygen atoms in total. The number of H-pyrrole nitrogens is 1. The summed E-state index contributed by atoms with van der Waals surface area (Å²) in [4.78, 5) is 34.4. The number of hydrogen-bond acceptors (Lipinski definition) is 6. The highest BCUT2D eigenvalue weighted by atomic mass is 19.1. The van der Waals surface area contributed by atoms with Crippen molar-refractivity contribution in [3.8, 4) is 5.75 Å². The standard InChI is InChI=1S/C21H22FN3O4/c1-28-12-10-14-17(15(22)11-12)21(29-19(14)27)6-8-25(9-7-21)20-23-16-5-3-2-4-13(16)18(26)24-20/h10-11H,2-9H2,1H3,(H,23,24,26). The SMILES string of the molecule is COc1cc(F)c2c(c1)C(=O)OC21CCN(c2nc3c(c(=O)[nH]2)CCCC3)CC1. The molecule has 1 N–H and O–H groups in total. The van der Waals surface area contributed by atoms with E-state index in [-0.39, 0.29) is 11.1 Å². The number of methoxy groups -OCH3 is 1. The molecule has 3 heterocycles. The molecule has 0 bridgehead atoms. The molecule has 2 aliphatic heterocycles. The maximum Gasteiger partial charge on any atom is 0.339 e. The Morgan fingerprint density at radius 2 is 1.97 bits per heavy atom. The number of rotatable bonds is 2. The van der Waals surface area contributed by atoms with Gasteiger partial charge in [-0.1, -0.05) is 0 Å². The second-order valence-corrected chi connectivity index (χ2v) is 7.92. The van der Waals surface area contributed by atoms with Crippen LogP contribution in [-0.2, 0) is 23.2 Å². The Balaban J connectivity index is 1.43. The Labute approximate surface area is 166 Å². The second-order valence-electron chi connectivity index (χ2n) is 7.92. The molecule has 1 aromatic heterocycles. The average Bonchev–Trinajstić information content (AvgIpc) is 3.00. The van der Waals surface area contributed by atoms with E-state index in [4.69, 9.17) is 9.47 Å². The molecule has 0 unspecified atom stereocenters. The average molecular weight is 399 g/mol. The molecular weight excluding hydrogens is 377 g/mol. The minimum absolute atomic E-state index is 0.0687. The summed E-state index contributed by atoms with van der Waals surface area (Å²) >= 11 is 0. The summed E-state index contributed by atoms with van der Waals surface area (Å²) in [5.74, 6) is -0.167. The molecule has 0 atom stereocenters. The van der Waals surface area contributed by atoms with Gasteiger partial charge in [0.1, 0.15) is 17.2 Å². The zero-order valence-corrected chi connectivity index (χ0v) is 16.2. The van der Waals surface area contributed by atoms with Crippen LogP contribution < -0.4 is 15.2 Å². The lowest BCUT2D eigenvalue weighted by Gasteiger charge is -2.39. The Morgan fingerprint density at radius 3 is 2.72 bits per heavy atom. The number of esters is 1. The highest BCUT2D eigenvalue weighted by molar-refractivity contribution is 5.95. The van der Waals surface area contributed by atoms with E-state index in [0.717, 1.165) is 36.9 Å². The number of nitrogens with one attached hydrogen (secondary N) is 1. The maximum atomic E-state index is 14.8. The number of aromatic amines is 1. The first kappa shape index (κ1) is 18.1. The number of aromatic nitrogens is 2. The third-order valence-corrected chi connectivity index (χ3v) is 6.31. The number of hydrogen-bond donors (Lipinski definition) is 1. The van der Waals surface area contributed by atoms with Gasteiger partial charge in [0.2, 0.25) is 5.95 Å². The molecule has 1 saturated heterocycles. The van der Waals surface area contributed by atoms with Crippen molar-refractivity contribution < 1.29 is 18.7 Å². The van der Waals surface area contributed by atoms with Crippen LogP contribution in [0.5, 0.6) is 5.75 Å². The lowest BCUT2D eigenvalue weighted by atomic mass is 9.83. The Kier molecular flexibility index (Phi) is 4.11. The highest BCUT2D eigenvalue weighted by Crippen LogP contribution is 2.46. The minimum Gasteiger partial charge on any atom is -0.497 e. The van der Waals surface area contributed by atoms with Crippen molar-refractivity contribution >= 4 is 11.9 Å². The molecule has 0 amide bonds. The van der Waals surface area contributed by atoms with Crippen LogP contribution >= 0.6 is 0 Å². The van der Waals surface area contributed by atoms with E-state index < -0.39 is 17.4 Å². The number of piperidine rings is 1. The van der Waals surface area contributed by atoms with E-state index in [1.165, 1.54) is 19.2 Å². The normalized spacial score (nSPS) is 19.7. The van der Waals surface area contributed by atoms with Gasteiger partial charge in [0, 0.05) is 43.1 Å². The van der Waals surface area contributed by atoms with Crippen LogP contribution in [0.1, 0.15) is 52.9 Å². The van der Waals surface area contributed by atoms with Gasteiger partial charge in [-0.2, -0.15) is 0 Å². The first-order valence-electron chi connectivity index (χ1n) is 9.99. The van der Waals surface area contributed by atoms with Crippen molar-refractivity contribution in [3.05, 3.63) is 50.7 Å². The Morgan fingerprint density at radius 1 is 1.21 bits per heavy atom. The largest absolute Gasteiger partial charge is 0.497 e. The predicted octanol–water partition coefficient (Wildman–Crippen LogP) is 2.46. The van der Waals surface area contributed by atoms with Gasteiger partial charge in [-0.25, -0.2) is 14.2 Å². The number of halogens is 1. The summed E-state index contributed by atoms with van der Waals surface area (Å²) in [5.41, 5.74) is 1.17. The number of fused-ring (bicyclic) bond motifs is 3. The van der Waals surface area contributed by atoms with Gasteiger partial charge in [0.15, 0.2) is 0 Å². The molecule has 0 radical (unpaired) electrons. The monoisotopic (exact) mass is 399 g/mol. The van der Waals surface area contributed by atoms with E-state index in [1.54, 1.807) is 0 Å². The van der Waals surface area contributed by atoms with E-state index in [9.17, 15) is 14.0 Å². The molecule has 2 aromatic rings. The summed E-state index contributed by atoms with van der Waals surface area (Å²) in [6, 6.07) is 2.82. The van der Waals surface area contributed by atoms with Gasteiger partial charge < -0.3 is 14.4 Å². The molecule has 8 heteroatoms. The van der Waals surface area contributed by atoms with Crippen molar-refractivity contribution in [2.24, 2.45) is 0 Å². The quantitative estimate of drug-likeness (QED) is 0.781. The minimum atomic E-state index is -0.978. The summed E-state index contributed by atoms with van der Waals surface area (Å²) in [6.45, 7) is 1.000. The highest BCUT2D eigenvalue weighted by Gasteiger charge is 2.50. The zero-order valence-electron chi connectivity index (χ0n) is 16.2. The summed E-state index contributed by atoms with van der Waals surface area (Å²) in [6.07, 6.45) is 4.51. The molecule has 0 saturated carbocycles. The van der Waals surface area contributed by atoms with Crippen molar-refractivity contribution in [3.63, 3.8) is 0 Å². The molecule has 1 fully saturated rings. The van der Waals surface area contributed by atoms with Crippen LogP contribution in [0.3, 0.4) is 0 Å². The van der Waals surface area contributed by atoms with Gasteiger partial charge in [-0.15, -0.1) is 0 Å². The van der Waals surface area contributed by atoms with Crippen LogP contribution in [0, 0.1) is 5.82 Å². The molecular formula is C21H22FN3O4. The molecule has 5 rings (SSSR count). The predicted molar refractivity (Wildman–Crippen MR) is 103 cm³/mol. The fourth-order valence-electron chi connectivity index (χ4n) is 4.78. The third kappa shape index (κ3) is 2.81. The molecule has 3 aliphatic rings. The van der Waals surface area contributed by atoms with Gasteiger partial charge in [-0.05, 0) is 31.7 Å². The van der Waals surface area contributed by atoms with Crippen molar-refractivity contribution in [2.75, 3.05) is 25.1 Å². The van der Waals surface area contributed by atoms with E-state index in [0.29, 0.717) is 43.2 Å². The van der Waals surface area contributed by atoms with Crippen LogP contribution in [0.15, 0.2) is 16.9 Å². The summed E-state index contributed by atoms with van der Waals surface area (Å²) in [7, 11) is 1.43. The molecule has 152 valence electrons. The van der Waals surface area contributed by atoms with Gasteiger partial charge >= 0.3 is 5.97 Å². The van der Waals surface area contributed by atoms with E-state index in [1.807, 2.05) is 4.90 Å². The summed E-state index contributed by atoms with van der Waals surface area (Å²) < 4.78 is 25.6. The second kappa shape index (κ2) is 6.57. The van der Waals surface area contributed by atoms with Crippen LogP contribution in [0.4, 0.5) is 10.3 Å². The number of benzene rings is 1. The van der Waals surface area contributed by atoms with Gasteiger partial charge in [-0.3, -0.25) is 9.78 Å². The van der Waals surface area contributed by atoms with Gasteiger partial charge in [0.05, 0.1) is 18.4 Å². The number of carbonyl (C=O) groups excluding carboxylic acids is 1. The fraction of sp³-hybridized carbons (Fsp3) is 0.476. The molecule has 1 spiro atoms. The number of ether oxygens (including phenoxy) is 2. The zero-order chi connectivity index (χ0) is 20.2. The van der Waals surface area contributed by atoms with Crippen molar-refractivity contribution in [1.29, 1.82) is 0 Å². The molecule has 29 heavy (non-hydrogen) atoms. The van der Waals surface area contributed by atoms with Crippen molar-refractivity contribution in [2.45, 2.75) is 44.1 Å². The topological polar surface area (TPSA) is 84.5 Å². The smallest absolute Gasteiger partial charge is 0.339 e. The lowest BCUT2D eigenvalue weighted by molar-refractivity contribution is -0.0225. The first-order valence-corrected chi connectivity index (χ1v) is 9.99. The fourth-order valence-corrected chi connectivity index (χ4v) is 4.78. The first-order chi connectivity index (χ1) is 14.0. The van der Waals surface area contributed by atoms with Crippen LogP contribution in [0.2, 0.25) is 0 Å². The summed E-state index contributed by atoms with van der Waals surface area (Å²) in [5, 5.41) is 0. The molecule has 1 aromatic carbocycles. The number of aryl methyl sites for hydroxylation is 1. The number of anilines is 1. The van der Waals surface area contributed by atoms with Crippen molar-refractivity contribution in [1.82, 2.24) is 9.97 Å². The van der Waals surface area contributed by atoms with E-state index in [2.05, 4.69) is 9.97 Å². The Hall–Kier alpha value is -2.90. The number of nitrogens with zero attached hydrogens (tertiary/aromatic N) is 2. The van der Waals surface area contributed by atoms with Crippen LogP contribution in [-0.4, -0.2) is 36.1 Å². The maximum absolute atomic E-state index is 14.8. The van der Waals surface area contributed by atoms with Crippen LogP contribution in [0.25, 0.3) is 0 Å². The Bertz CT molecular complexity index is 1060. The van der Waals surface area contributed by atoms with E-state index >= 15 is 0 Å². The lowest BCUT2D eigenvalue weighted by Crippen LogP contribution is -2.44. The molecule has 1 aliphatic carbocycles. The number of carbonyl (C=O) groups is 1.